The molecule has 8 heteroatoms. The van der Waals surface area contributed by atoms with E-state index in [2.05, 4.69) is 6.58 Å². The molecule has 2 aliphatic heterocycles. The van der Waals surface area contributed by atoms with Crippen LogP contribution in [0.5, 0.6) is 23.0 Å². The highest BCUT2D eigenvalue weighted by Crippen LogP contribution is 2.43. The van der Waals surface area contributed by atoms with Gasteiger partial charge < -0.3 is 29.0 Å². The number of amides is 1. The number of hydrogen-bond donors (Lipinski definition) is 1. The van der Waals surface area contributed by atoms with Gasteiger partial charge in [0.1, 0.15) is 25.6 Å². The average molecular weight is 528 g/mol. The third-order valence-corrected chi connectivity index (χ3v) is 6.49. The van der Waals surface area contributed by atoms with Crippen molar-refractivity contribution in [2.24, 2.45) is 0 Å². The summed E-state index contributed by atoms with van der Waals surface area (Å²) in [5.41, 5.74) is 1.77. The quantitative estimate of drug-likeness (QED) is 0.180. The van der Waals surface area contributed by atoms with Crippen LogP contribution in [0.1, 0.15) is 29.7 Å². The second-order valence-corrected chi connectivity index (χ2v) is 9.01. The zero-order chi connectivity index (χ0) is 27.4. The van der Waals surface area contributed by atoms with Gasteiger partial charge in [-0.1, -0.05) is 49.1 Å². The summed E-state index contributed by atoms with van der Waals surface area (Å²) in [4.78, 5) is 28.4. The van der Waals surface area contributed by atoms with Crippen LogP contribution in [0.3, 0.4) is 0 Å². The maximum atomic E-state index is 13.5. The Balaban J connectivity index is 1.64. The standard InChI is InChI=1S/C31H29NO7/c1-3-14-37-23-12-10-21(17-25(23)36-4-2)28-27(29(33)22-11-13-24-26(18-22)39-16-15-38-24)30(34)31(35)32(28)19-20-8-6-5-7-9-20/h3,5-13,17-18,28,33H,1,4,14-16,19H2,2H3. The van der Waals surface area contributed by atoms with Gasteiger partial charge in [0.2, 0.25) is 0 Å². The minimum atomic E-state index is -0.869. The van der Waals surface area contributed by atoms with Crippen LogP contribution in [0.15, 0.2) is 85.0 Å². The van der Waals surface area contributed by atoms with E-state index in [1.165, 1.54) is 4.90 Å². The van der Waals surface area contributed by atoms with Gasteiger partial charge in [-0.3, -0.25) is 9.59 Å². The van der Waals surface area contributed by atoms with Crippen LogP contribution in [-0.2, 0) is 16.1 Å². The first-order chi connectivity index (χ1) is 19.0. The lowest BCUT2D eigenvalue weighted by Gasteiger charge is -2.26. The summed E-state index contributed by atoms with van der Waals surface area (Å²) < 4.78 is 22.8. The van der Waals surface area contributed by atoms with Gasteiger partial charge in [-0.2, -0.15) is 0 Å². The first-order valence-electron chi connectivity index (χ1n) is 12.7. The molecule has 0 bridgehead atoms. The minimum Gasteiger partial charge on any atom is -0.507 e. The molecule has 0 saturated carbocycles. The average Bonchev–Trinajstić information content (AvgIpc) is 3.21. The fraction of sp³-hybridized carbons (Fsp3) is 0.226. The van der Waals surface area contributed by atoms with Gasteiger partial charge in [-0.25, -0.2) is 0 Å². The molecule has 2 aliphatic rings. The number of rotatable bonds is 9. The number of Topliss-reactive ketones (excluding diaryl/α,β-unsaturated/α-hetero) is 1. The first-order valence-corrected chi connectivity index (χ1v) is 12.7. The van der Waals surface area contributed by atoms with Gasteiger partial charge in [0, 0.05) is 12.1 Å². The summed E-state index contributed by atoms with van der Waals surface area (Å²) in [5, 5.41) is 11.5. The van der Waals surface area contributed by atoms with Crippen molar-refractivity contribution in [1.29, 1.82) is 0 Å². The molecule has 5 rings (SSSR count). The van der Waals surface area contributed by atoms with Crippen molar-refractivity contribution in [1.82, 2.24) is 4.90 Å². The molecule has 3 aromatic rings. The molecule has 1 atom stereocenters. The van der Waals surface area contributed by atoms with Gasteiger partial charge in [0.25, 0.3) is 11.7 Å². The van der Waals surface area contributed by atoms with Gasteiger partial charge >= 0.3 is 0 Å². The lowest BCUT2D eigenvalue weighted by atomic mass is 9.94. The summed E-state index contributed by atoms with van der Waals surface area (Å²) in [7, 11) is 0. The van der Waals surface area contributed by atoms with Gasteiger partial charge in [-0.05, 0) is 48.4 Å². The van der Waals surface area contributed by atoms with E-state index in [-0.39, 0.29) is 24.5 Å². The molecule has 3 aromatic carbocycles. The number of fused-ring (bicyclic) bond motifs is 1. The number of benzene rings is 3. The summed E-state index contributed by atoms with van der Waals surface area (Å²) in [6.45, 7) is 7.19. The molecule has 200 valence electrons. The van der Waals surface area contributed by atoms with Gasteiger partial charge in [-0.15, -0.1) is 0 Å². The van der Waals surface area contributed by atoms with Crippen molar-refractivity contribution >= 4 is 17.4 Å². The second kappa shape index (κ2) is 11.3. The molecule has 39 heavy (non-hydrogen) atoms. The van der Waals surface area contributed by atoms with Gasteiger partial charge in [0.15, 0.2) is 23.0 Å². The maximum absolute atomic E-state index is 13.5. The lowest BCUT2D eigenvalue weighted by Crippen LogP contribution is -2.29. The van der Waals surface area contributed by atoms with Crippen molar-refractivity contribution in [3.63, 3.8) is 0 Å². The van der Waals surface area contributed by atoms with Gasteiger partial charge in [0.05, 0.1) is 18.2 Å². The molecule has 2 heterocycles. The van der Waals surface area contributed by atoms with E-state index in [0.29, 0.717) is 53.9 Å². The third kappa shape index (κ3) is 5.18. The number of likely N-dealkylation sites (tertiary alicyclic amines) is 1. The molecular formula is C31H29NO7. The maximum Gasteiger partial charge on any atom is 0.295 e. The Morgan fingerprint density at radius 1 is 1.00 bits per heavy atom. The number of aliphatic hydroxyl groups excluding tert-OH is 1. The molecule has 1 N–H and O–H groups in total. The zero-order valence-electron chi connectivity index (χ0n) is 21.6. The largest absolute Gasteiger partial charge is 0.507 e. The fourth-order valence-corrected chi connectivity index (χ4v) is 4.75. The Morgan fingerprint density at radius 2 is 1.77 bits per heavy atom. The Morgan fingerprint density at radius 3 is 2.51 bits per heavy atom. The van der Waals surface area contributed by atoms with E-state index in [1.54, 1.807) is 42.5 Å². The number of aliphatic hydroxyl groups is 1. The molecular weight excluding hydrogens is 498 g/mol. The molecule has 1 fully saturated rings. The first kappa shape index (κ1) is 25.9. The topological polar surface area (TPSA) is 94.5 Å². The van der Waals surface area contributed by atoms with Crippen molar-refractivity contribution in [2.45, 2.75) is 19.5 Å². The van der Waals surface area contributed by atoms with E-state index >= 15 is 0 Å². The molecule has 1 amide bonds. The van der Waals surface area contributed by atoms with Crippen LogP contribution in [0.4, 0.5) is 0 Å². The Labute approximate surface area is 226 Å². The predicted octanol–water partition coefficient (Wildman–Crippen LogP) is 5.04. The molecule has 1 saturated heterocycles. The van der Waals surface area contributed by atoms with E-state index in [4.69, 9.17) is 18.9 Å². The van der Waals surface area contributed by atoms with Crippen LogP contribution in [-0.4, -0.2) is 48.1 Å². The molecule has 0 aliphatic carbocycles. The van der Waals surface area contributed by atoms with Crippen LogP contribution in [0.25, 0.3) is 5.76 Å². The minimum absolute atomic E-state index is 0.0187. The number of nitrogens with zero attached hydrogens (tertiary/aromatic N) is 1. The van der Waals surface area contributed by atoms with Crippen LogP contribution >= 0.6 is 0 Å². The smallest absolute Gasteiger partial charge is 0.295 e. The number of carbonyl (C=O) groups is 2. The molecule has 0 spiro atoms. The van der Waals surface area contributed by atoms with Crippen molar-refractivity contribution < 1.29 is 33.6 Å². The highest BCUT2D eigenvalue weighted by Gasteiger charge is 2.46. The van der Waals surface area contributed by atoms with Crippen molar-refractivity contribution in [3.8, 4) is 23.0 Å². The summed E-state index contributed by atoms with van der Waals surface area (Å²) in [6, 6.07) is 18.7. The summed E-state index contributed by atoms with van der Waals surface area (Å²) >= 11 is 0. The van der Waals surface area contributed by atoms with Crippen LogP contribution in [0, 0.1) is 0 Å². The van der Waals surface area contributed by atoms with Crippen LogP contribution in [0.2, 0.25) is 0 Å². The SMILES string of the molecule is C=CCOc1ccc(C2C(=C(O)c3ccc4c(c3)OCCO4)C(=O)C(=O)N2Cc2ccccc2)cc1OCC. The highest BCUT2D eigenvalue weighted by atomic mass is 16.6. The Kier molecular flexibility index (Phi) is 7.54. The van der Waals surface area contributed by atoms with Crippen molar-refractivity contribution in [3.05, 3.63) is 102 Å². The normalized spacial score (nSPS) is 17.7. The van der Waals surface area contributed by atoms with E-state index < -0.39 is 17.7 Å². The Bertz CT molecular complexity index is 1430. The predicted molar refractivity (Wildman–Crippen MR) is 145 cm³/mol. The van der Waals surface area contributed by atoms with Crippen molar-refractivity contribution in [2.75, 3.05) is 26.4 Å². The number of ether oxygens (including phenoxy) is 4. The second-order valence-electron chi connectivity index (χ2n) is 9.01. The summed E-state index contributed by atoms with van der Waals surface area (Å²) in [6.07, 6.45) is 1.63. The lowest BCUT2D eigenvalue weighted by molar-refractivity contribution is -0.140. The van der Waals surface area contributed by atoms with E-state index in [0.717, 1.165) is 5.56 Å². The fourth-order valence-electron chi connectivity index (χ4n) is 4.75. The molecule has 1 unspecified atom stereocenters. The zero-order valence-corrected chi connectivity index (χ0v) is 21.6. The Hall–Kier alpha value is -4.72. The number of carbonyl (C=O) groups excluding carboxylic acids is 2. The summed E-state index contributed by atoms with van der Waals surface area (Å²) in [5.74, 6) is 0.212. The third-order valence-electron chi connectivity index (χ3n) is 6.49. The van der Waals surface area contributed by atoms with Crippen LogP contribution < -0.4 is 18.9 Å². The highest BCUT2D eigenvalue weighted by molar-refractivity contribution is 6.46. The molecule has 0 aromatic heterocycles. The monoisotopic (exact) mass is 527 g/mol. The molecule has 0 radical (unpaired) electrons. The van der Waals surface area contributed by atoms with E-state index in [9.17, 15) is 14.7 Å². The number of ketones is 1. The molecule has 8 nitrogen and oxygen atoms in total. The van der Waals surface area contributed by atoms with E-state index in [1.807, 2.05) is 37.3 Å². The number of hydrogen-bond acceptors (Lipinski definition) is 7.